The Bertz CT molecular complexity index is 761. The maximum Gasteiger partial charge on any atom is 0.324 e. The first-order chi connectivity index (χ1) is 12.1. The van der Waals surface area contributed by atoms with Crippen LogP contribution in [0.1, 0.15) is 31.6 Å². The zero-order valence-electron chi connectivity index (χ0n) is 14.3. The number of aromatic nitrogens is 1. The van der Waals surface area contributed by atoms with E-state index in [1.54, 1.807) is 0 Å². The third-order valence-corrected chi connectivity index (χ3v) is 5.22. The summed E-state index contributed by atoms with van der Waals surface area (Å²) in [7, 11) is 0. The molecule has 7 heteroatoms. The van der Waals surface area contributed by atoms with Gasteiger partial charge in [-0.3, -0.25) is 14.6 Å². The molecule has 25 heavy (non-hydrogen) atoms. The standard InChI is InChI=1S/C18H22N4O3/c1-12(17(23)22-11-8-19-18(22)24)21-9-6-13(7-10-21)16-20-14-4-2-3-5-15(14)25-16/h2-5,12-13H,6-11H2,1H3,(H,19,24)/t12-/m1/s1. The van der Waals surface area contributed by atoms with Gasteiger partial charge in [-0.25, -0.2) is 9.78 Å². The molecule has 132 valence electrons. The molecule has 0 radical (unpaired) electrons. The highest BCUT2D eigenvalue weighted by atomic mass is 16.3. The van der Waals surface area contributed by atoms with Crippen LogP contribution in [0.5, 0.6) is 0 Å². The maximum absolute atomic E-state index is 12.5. The molecule has 1 atom stereocenters. The molecule has 1 aromatic heterocycles. The Hall–Kier alpha value is -2.41. The van der Waals surface area contributed by atoms with Gasteiger partial charge in [-0.1, -0.05) is 12.1 Å². The van der Waals surface area contributed by atoms with Gasteiger partial charge in [0.2, 0.25) is 5.91 Å². The Labute approximate surface area is 146 Å². The molecule has 0 spiro atoms. The molecule has 0 unspecified atom stereocenters. The van der Waals surface area contributed by atoms with E-state index in [0.717, 1.165) is 42.9 Å². The normalized spacial score (nSPS) is 20.8. The molecule has 2 saturated heterocycles. The van der Waals surface area contributed by atoms with E-state index in [-0.39, 0.29) is 23.9 Å². The Morgan fingerprint density at radius 3 is 2.72 bits per heavy atom. The quantitative estimate of drug-likeness (QED) is 0.922. The van der Waals surface area contributed by atoms with E-state index in [1.165, 1.54) is 4.90 Å². The number of imide groups is 1. The van der Waals surface area contributed by atoms with E-state index in [4.69, 9.17) is 4.42 Å². The van der Waals surface area contributed by atoms with Crippen LogP contribution in [0.25, 0.3) is 11.1 Å². The van der Waals surface area contributed by atoms with Crippen LogP contribution >= 0.6 is 0 Å². The monoisotopic (exact) mass is 342 g/mol. The predicted molar refractivity (Wildman–Crippen MR) is 92.1 cm³/mol. The van der Waals surface area contributed by atoms with Gasteiger partial charge >= 0.3 is 6.03 Å². The number of carbonyl (C=O) groups excluding carboxylic acids is 2. The number of benzene rings is 1. The number of para-hydroxylation sites is 2. The zero-order chi connectivity index (χ0) is 17.4. The van der Waals surface area contributed by atoms with Gasteiger partial charge in [0.15, 0.2) is 11.5 Å². The Kier molecular flexibility index (Phi) is 4.17. The molecule has 3 heterocycles. The zero-order valence-corrected chi connectivity index (χ0v) is 14.3. The Morgan fingerprint density at radius 2 is 2.04 bits per heavy atom. The molecule has 7 nitrogen and oxygen atoms in total. The van der Waals surface area contributed by atoms with E-state index in [1.807, 2.05) is 31.2 Å². The largest absolute Gasteiger partial charge is 0.440 e. The second-order valence-corrected chi connectivity index (χ2v) is 6.73. The molecule has 3 amide bonds. The van der Waals surface area contributed by atoms with Crippen LogP contribution in [0.3, 0.4) is 0 Å². The number of amides is 3. The summed E-state index contributed by atoms with van der Waals surface area (Å²) in [5.74, 6) is 0.954. The number of fused-ring (bicyclic) bond motifs is 1. The lowest BCUT2D eigenvalue weighted by Gasteiger charge is -2.35. The van der Waals surface area contributed by atoms with Crippen molar-refractivity contribution in [2.75, 3.05) is 26.2 Å². The van der Waals surface area contributed by atoms with Gasteiger partial charge in [0.25, 0.3) is 0 Å². The molecule has 2 aliphatic heterocycles. The van der Waals surface area contributed by atoms with Crippen molar-refractivity contribution in [3.05, 3.63) is 30.2 Å². The highest BCUT2D eigenvalue weighted by Gasteiger charge is 2.35. The molecule has 0 aliphatic carbocycles. The minimum atomic E-state index is -0.284. The molecule has 4 rings (SSSR count). The van der Waals surface area contributed by atoms with E-state index in [2.05, 4.69) is 15.2 Å². The van der Waals surface area contributed by atoms with Gasteiger partial charge in [0.1, 0.15) is 5.52 Å². The summed E-state index contributed by atoms with van der Waals surface area (Å²) in [6, 6.07) is 7.23. The van der Waals surface area contributed by atoms with Gasteiger partial charge in [0, 0.05) is 19.0 Å². The second kappa shape index (κ2) is 6.48. The number of nitrogens with one attached hydrogen (secondary N) is 1. The van der Waals surface area contributed by atoms with Crippen molar-refractivity contribution in [1.82, 2.24) is 20.1 Å². The average Bonchev–Trinajstić information content (AvgIpc) is 3.26. The molecule has 1 N–H and O–H groups in total. The third-order valence-electron chi connectivity index (χ3n) is 5.22. The SMILES string of the molecule is C[C@H](C(=O)N1CCNC1=O)N1CCC(c2nc3ccccc3o2)CC1. The van der Waals surface area contributed by atoms with Crippen molar-refractivity contribution >= 4 is 23.0 Å². The van der Waals surface area contributed by atoms with Crippen LogP contribution in [0, 0.1) is 0 Å². The highest BCUT2D eigenvalue weighted by molar-refractivity contribution is 5.98. The van der Waals surface area contributed by atoms with Gasteiger partial charge in [-0.2, -0.15) is 0 Å². The summed E-state index contributed by atoms with van der Waals surface area (Å²) in [5.41, 5.74) is 1.71. The van der Waals surface area contributed by atoms with Crippen molar-refractivity contribution in [1.29, 1.82) is 0 Å². The number of carbonyl (C=O) groups is 2. The predicted octanol–water partition coefficient (Wildman–Crippen LogP) is 1.95. The maximum atomic E-state index is 12.5. The summed E-state index contributed by atoms with van der Waals surface area (Å²) < 4.78 is 5.89. The fourth-order valence-electron chi connectivity index (χ4n) is 3.66. The summed E-state index contributed by atoms with van der Waals surface area (Å²) in [5, 5.41) is 2.68. The molecule has 0 bridgehead atoms. The Morgan fingerprint density at radius 1 is 1.28 bits per heavy atom. The smallest absolute Gasteiger partial charge is 0.324 e. The van der Waals surface area contributed by atoms with Crippen molar-refractivity contribution in [2.45, 2.75) is 31.7 Å². The molecule has 2 fully saturated rings. The summed E-state index contributed by atoms with van der Waals surface area (Å²) in [4.78, 5) is 32.3. The van der Waals surface area contributed by atoms with Crippen LogP contribution in [0.4, 0.5) is 4.79 Å². The summed E-state index contributed by atoms with van der Waals surface area (Å²) in [6.45, 7) is 4.48. The van der Waals surface area contributed by atoms with Gasteiger partial charge in [0.05, 0.1) is 6.04 Å². The van der Waals surface area contributed by atoms with Crippen LogP contribution in [0.2, 0.25) is 0 Å². The summed E-state index contributed by atoms with van der Waals surface area (Å²) >= 11 is 0. The topological polar surface area (TPSA) is 78.7 Å². The molecule has 2 aromatic rings. The number of hydrogen-bond donors (Lipinski definition) is 1. The lowest BCUT2D eigenvalue weighted by atomic mass is 9.95. The molecule has 2 aliphatic rings. The first kappa shape index (κ1) is 16.1. The van der Waals surface area contributed by atoms with Gasteiger partial charge < -0.3 is 9.73 Å². The van der Waals surface area contributed by atoms with Crippen molar-refractivity contribution in [3.8, 4) is 0 Å². The van der Waals surface area contributed by atoms with Crippen LogP contribution in [-0.4, -0.2) is 58.9 Å². The van der Waals surface area contributed by atoms with Gasteiger partial charge in [-0.05, 0) is 45.0 Å². The first-order valence-electron chi connectivity index (χ1n) is 8.82. The summed E-state index contributed by atoms with van der Waals surface area (Å²) in [6.07, 6.45) is 1.80. The second-order valence-electron chi connectivity index (χ2n) is 6.73. The van der Waals surface area contributed by atoms with Crippen LogP contribution < -0.4 is 5.32 Å². The molecular weight excluding hydrogens is 320 g/mol. The van der Waals surface area contributed by atoms with Crippen molar-refractivity contribution < 1.29 is 14.0 Å². The lowest BCUT2D eigenvalue weighted by molar-refractivity contribution is -0.133. The van der Waals surface area contributed by atoms with Crippen molar-refractivity contribution in [3.63, 3.8) is 0 Å². The number of hydrogen-bond acceptors (Lipinski definition) is 5. The lowest BCUT2D eigenvalue weighted by Crippen LogP contribution is -2.50. The number of rotatable bonds is 3. The molecule has 0 saturated carbocycles. The number of nitrogens with zero attached hydrogens (tertiary/aromatic N) is 3. The highest BCUT2D eigenvalue weighted by Crippen LogP contribution is 2.30. The van der Waals surface area contributed by atoms with Crippen LogP contribution in [-0.2, 0) is 4.79 Å². The van der Waals surface area contributed by atoms with E-state index in [9.17, 15) is 9.59 Å². The Balaban J connectivity index is 1.39. The minimum absolute atomic E-state index is 0.115. The fourth-order valence-corrected chi connectivity index (χ4v) is 3.66. The fraction of sp³-hybridized carbons (Fsp3) is 0.500. The van der Waals surface area contributed by atoms with Gasteiger partial charge in [-0.15, -0.1) is 0 Å². The molecular formula is C18H22N4O3. The third kappa shape index (κ3) is 3.00. The van der Waals surface area contributed by atoms with Crippen LogP contribution in [0.15, 0.2) is 28.7 Å². The first-order valence-corrected chi connectivity index (χ1v) is 8.82. The number of likely N-dealkylation sites (tertiary alicyclic amines) is 1. The van der Waals surface area contributed by atoms with Crippen molar-refractivity contribution in [2.24, 2.45) is 0 Å². The number of piperidine rings is 1. The number of urea groups is 1. The van der Waals surface area contributed by atoms with E-state index < -0.39 is 0 Å². The van der Waals surface area contributed by atoms with E-state index in [0.29, 0.717) is 13.1 Å². The van der Waals surface area contributed by atoms with E-state index >= 15 is 0 Å². The number of oxazole rings is 1. The minimum Gasteiger partial charge on any atom is -0.440 e. The molecule has 1 aromatic carbocycles. The average molecular weight is 342 g/mol.